The van der Waals surface area contributed by atoms with Crippen LogP contribution in [0.3, 0.4) is 0 Å². The summed E-state index contributed by atoms with van der Waals surface area (Å²) >= 11 is 0. The highest BCUT2D eigenvalue weighted by Gasteiger charge is 2.13. The van der Waals surface area contributed by atoms with Crippen LogP contribution < -0.4 is 10.6 Å². The second kappa shape index (κ2) is 7.10. The minimum absolute atomic E-state index is 0.0990. The maximum Gasteiger partial charge on any atom is 0.228 e. The Bertz CT molecular complexity index is 347. The number of rotatable bonds is 6. The summed E-state index contributed by atoms with van der Waals surface area (Å²) in [6.07, 6.45) is 7.19. The van der Waals surface area contributed by atoms with Gasteiger partial charge in [-0.2, -0.15) is 4.98 Å². The normalized spacial score (nSPS) is 19.7. The molecule has 1 fully saturated rings. The van der Waals surface area contributed by atoms with Gasteiger partial charge < -0.3 is 15.2 Å². The number of piperidine rings is 1. The Labute approximate surface area is 107 Å². The molecule has 2 heterocycles. The lowest BCUT2D eigenvalue weighted by Gasteiger charge is -2.22. The number of aromatic nitrogens is 2. The van der Waals surface area contributed by atoms with E-state index >= 15 is 0 Å². The maximum absolute atomic E-state index is 11.6. The lowest BCUT2D eigenvalue weighted by atomic mass is 10.0. The molecule has 6 heteroatoms. The first-order valence-corrected chi connectivity index (χ1v) is 6.60. The van der Waals surface area contributed by atoms with Crippen molar-refractivity contribution in [2.75, 3.05) is 13.1 Å². The second-order valence-corrected chi connectivity index (χ2v) is 4.62. The molecule has 1 amide bonds. The van der Waals surface area contributed by atoms with E-state index in [0.29, 0.717) is 31.3 Å². The highest BCUT2D eigenvalue weighted by atomic mass is 16.5. The minimum atomic E-state index is 0.0990. The molecular formula is C12H20N4O2. The highest BCUT2D eigenvalue weighted by Crippen LogP contribution is 2.11. The van der Waals surface area contributed by atoms with Gasteiger partial charge in [-0.15, -0.1) is 0 Å². The Balaban J connectivity index is 1.54. The molecule has 1 aliphatic rings. The van der Waals surface area contributed by atoms with Crippen molar-refractivity contribution in [1.82, 2.24) is 20.8 Å². The number of hydrogen-bond donors (Lipinski definition) is 2. The van der Waals surface area contributed by atoms with Gasteiger partial charge in [0.2, 0.25) is 11.8 Å². The minimum Gasteiger partial charge on any atom is -0.356 e. The van der Waals surface area contributed by atoms with Crippen molar-refractivity contribution < 1.29 is 9.32 Å². The molecule has 0 aliphatic carbocycles. The Kier molecular flexibility index (Phi) is 5.14. The number of carbonyl (C=O) groups is 1. The van der Waals surface area contributed by atoms with Crippen LogP contribution in [0.5, 0.6) is 0 Å². The molecule has 6 nitrogen and oxygen atoms in total. The van der Waals surface area contributed by atoms with Crippen LogP contribution in [0.15, 0.2) is 10.9 Å². The van der Waals surface area contributed by atoms with Crippen LogP contribution in [0.25, 0.3) is 0 Å². The SMILES string of the molecule is O=C(CCC1CCCCN1)NCCc1ncno1. The largest absolute Gasteiger partial charge is 0.356 e. The van der Waals surface area contributed by atoms with E-state index in [9.17, 15) is 4.79 Å². The number of nitrogens with zero attached hydrogens (tertiary/aromatic N) is 2. The fourth-order valence-corrected chi connectivity index (χ4v) is 2.18. The summed E-state index contributed by atoms with van der Waals surface area (Å²) in [6, 6.07) is 0.514. The predicted octanol–water partition coefficient (Wildman–Crippen LogP) is 0.651. The summed E-state index contributed by atoms with van der Waals surface area (Å²) in [4.78, 5) is 15.5. The van der Waals surface area contributed by atoms with E-state index in [1.54, 1.807) is 0 Å². The van der Waals surface area contributed by atoms with Crippen LogP contribution in [0, 0.1) is 0 Å². The van der Waals surface area contributed by atoms with Crippen molar-refractivity contribution in [3.05, 3.63) is 12.2 Å². The van der Waals surface area contributed by atoms with Gasteiger partial charge in [-0.3, -0.25) is 4.79 Å². The monoisotopic (exact) mass is 252 g/mol. The molecule has 0 spiro atoms. The molecule has 1 saturated heterocycles. The number of amides is 1. The summed E-state index contributed by atoms with van der Waals surface area (Å²) < 4.78 is 4.85. The zero-order chi connectivity index (χ0) is 12.6. The summed E-state index contributed by atoms with van der Waals surface area (Å²) in [7, 11) is 0. The summed E-state index contributed by atoms with van der Waals surface area (Å²) in [5.74, 6) is 0.658. The van der Waals surface area contributed by atoms with Gasteiger partial charge in [-0.25, -0.2) is 0 Å². The predicted molar refractivity (Wildman–Crippen MR) is 65.9 cm³/mol. The van der Waals surface area contributed by atoms with Gasteiger partial charge in [0.15, 0.2) is 6.33 Å². The van der Waals surface area contributed by atoms with Crippen LogP contribution in [0.1, 0.15) is 38.0 Å². The van der Waals surface area contributed by atoms with Gasteiger partial charge in [-0.05, 0) is 25.8 Å². The number of nitrogens with one attached hydrogen (secondary N) is 2. The van der Waals surface area contributed by atoms with Crippen LogP contribution >= 0.6 is 0 Å². The summed E-state index contributed by atoms with van der Waals surface area (Å²) in [6.45, 7) is 1.64. The molecule has 1 aromatic heterocycles. The Morgan fingerprint density at radius 3 is 3.22 bits per heavy atom. The third-order valence-corrected chi connectivity index (χ3v) is 3.20. The number of carbonyl (C=O) groups excluding carboxylic acids is 1. The molecule has 100 valence electrons. The molecule has 2 N–H and O–H groups in total. The van der Waals surface area contributed by atoms with Gasteiger partial charge >= 0.3 is 0 Å². The van der Waals surface area contributed by atoms with Crippen molar-refractivity contribution in [2.45, 2.75) is 44.6 Å². The van der Waals surface area contributed by atoms with Gasteiger partial charge in [0.25, 0.3) is 0 Å². The van der Waals surface area contributed by atoms with Gasteiger partial charge in [0.1, 0.15) is 0 Å². The van der Waals surface area contributed by atoms with Crippen molar-refractivity contribution in [3.63, 3.8) is 0 Å². The summed E-state index contributed by atoms with van der Waals surface area (Å²) in [5, 5.41) is 9.82. The molecule has 1 aliphatic heterocycles. The van der Waals surface area contributed by atoms with Crippen LogP contribution in [0.4, 0.5) is 0 Å². The fraction of sp³-hybridized carbons (Fsp3) is 0.750. The Hall–Kier alpha value is -1.43. The van der Waals surface area contributed by atoms with Crippen LogP contribution in [-0.4, -0.2) is 35.2 Å². The van der Waals surface area contributed by atoms with E-state index in [-0.39, 0.29) is 5.91 Å². The first kappa shape index (κ1) is 13.0. The molecule has 2 rings (SSSR count). The molecule has 0 aromatic carbocycles. The molecule has 0 bridgehead atoms. The summed E-state index contributed by atoms with van der Waals surface area (Å²) in [5.41, 5.74) is 0. The molecule has 1 aromatic rings. The van der Waals surface area contributed by atoms with E-state index in [1.165, 1.54) is 25.6 Å². The quantitative estimate of drug-likeness (QED) is 0.777. The van der Waals surface area contributed by atoms with Gasteiger partial charge in [0.05, 0.1) is 0 Å². The van der Waals surface area contributed by atoms with Gasteiger partial charge in [-0.1, -0.05) is 11.6 Å². The molecule has 1 unspecified atom stereocenters. The average molecular weight is 252 g/mol. The Morgan fingerprint density at radius 2 is 2.50 bits per heavy atom. The van der Waals surface area contributed by atoms with Crippen molar-refractivity contribution in [1.29, 1.82) is 0 Å². The third kappa shape index (κ3) is 4.44. The van der Waals surface area contributed by atoms with E-state index in [2.05, 4.69) is 20.8 Å². The van der Waals surface area contributed by atoms with Crippen LogP contribution in [-0.2, 0) is 11.2 Å². The highest BCUT2D eigenvalue weighted by molar-refractivity contribution is 5.75. The second-order valence-electron chi connectivity index (χ2n) is 4.62. The zero-order valence-corrected chi connectivity index (χ0v) is 10.5. The topological polar surface area (TPSA) is 80.0 Å². The van der Waals surface area contributed by atoms with Crippen LogP contribution in [0.2, 0.25) is 0 Å². The van der Waals surface area contributed by atoms with E-state index in [1.807, 2.05) is 0 Å². The van der Waals surface area contributed by atoms with Crippen molar-refractivity contribution >= 4 is 5.91 Å². The molecular weight excluding hydrogens is 232 g/mol. The maximum atomic E-state index is 11.6. The van der Waals surface area contributed by atoms with E-state index < -0.39 is 0 Å². The lowest BCUT2D eigenvalue weighted by Crippen LogP contribution is -2.35. The van der Waals surface area contributed by atoms with E-state index in [0.717, 1.165) is 13.0 Å². The molecule has 18 heavy (non-hydrogen) atoms. The van der Waals surface area contributed by atoms with Crippen molar-refractivity contribution in [3.8, 4) is 0 Å². The first-order chi connectivity index (χ1) is 8.84. The fourth-order valence-electron chi connectivity index (χ4n) is 2.18. The average Bonchev–Trinajstić information content (AvgIpc) is 2.91. The number of hydrogen-bond acceptors (Lipinski definition) is 5. The molecule has 1 atom stereocenters. The standard InChI is InChI=1S/C12H20N4O2/c17-11(5-4-10-3-1-2-7-13-10)14-8-6-12-15-9-16-18-12/h9-10,13H,1-8H2,(H,14,17). The third-order valence-electron chi connectivity index (χ3n) is 3.20. The first-order valence-electron chi connectivity index (χ1n) is 6.60. The smallest absolute Gasteiger partial charge is 0.228 e. The molecule has 0 saturated carbocycles. The van der Waals surface area contributed by atoms with E-state index in [4.69, 9.17) is 4.52 Å². The zero-order valence-electron chi connectivity index (χ0n) is 10.5. The Morgan fingerprint density at radius 1 is 1.56 bits per heavy atom. The molecule has 0 radical (unpaired) electrons. The lowest BCUT2D eigenvalue weighted by molar-refractivity contribution is -0.121. The van der Waals surface area contributed by atoms with Gasteiger partial charge in [0, 0.05) is 25.4 Å². The van der Waals surface area contributed by atoms with Crippen molar-refractivity contribution in [2.24, 2.45) is 0 Å².